The van der Waals surface area contributed by atoms with Crippen LogP contribution >= 0.6 is 23.7 Å². The third-order valence-corrected chi connectivity index (χ3v) is 6.92. The summed E-state index contributed by atoms with van der Waals surface area (Å²) in [5, 5.41) is 12.2. The van der Waals surface area contributed by atoms with Crippen molar-refractivity contribution >= 4 is 29.7 Å². The number of amides is 1. The van der Waals surface area contributed by atoms with Crippen molar-refractivity contribution in [2.45, 2.75) is 65.1 Å². The average Bonchev–Trinajstić information content (AvgIpc) is 3.00. The van der Waals surface area contributed by atoms with Gasteiger partial charge >= 0.3 is 0 Å². The van der Waals surface area contributed by atoms with Crippen LogP contribution < -0.4 is 5.32 Å². The van der Waals surface area contributed by atoms with E-state index in [1.165, 1.54) is 18.4 Å². The lowest BCUT2D eigenvalue weighted by atomic mass is 9.93. The minimum Gasteiger partial charge on any atom is -0.331 e. The van der Waals surface area contributed by atoms with Crippen molar-refractivity contribution in [2.75, 3.05) is 13.1 Å². The topological polar surface area (TPSA) is 50.2 Å². The summed E-state index contributed by atoms with van der Waals surface area (Å²) >= 11 is 1.69. The quantitative estimate of drug-likeness (QED) is 0.802. The summed E-state index contributed by atoms with van der Waals surface area (Å²) < 4.78 is 1.97. The lowest BCUT2D eigenvalue weighted by Gasteiger charge is -2.30. The number of nitrogens with one attached hydrogen (secondary N) is 1. The summed E-state index contributed by atoms with van der Waals surface area (Å²) in [6, 6.07) is 2.48. The molecule has 1 atom stereocenters. The van der Waals surface area contributed by atoms with Gasteiger partial charge in [-0.3, -0.25) is 9.48 Å². The molecule has 0 bridgehead atoms. The van der Waals surface area contributed by atoms with E-state index in [0.717, 1.165) is 30.8 Å². The average molecular weight is 423 g/mol. The highest BCUT2D eigenvalue weighted by molar-refractivity contribution is 7.07. The van der Waals surface area contributed by atoms with Crippen LogP contribution in [-0.2, 0) is 12.1 Å². The molecule has 1 amide bonds. The Labute approximate surface area is 177 Å². The molecule has 1 saturated heterocycles. The Bertz CT molecular complexity index is 818. The van der Waals surface area contributed by atoms with Gasteiger partial charge in [0.1, 0.15) is 0 Å². The number of carbonyl (C=O) groups is 1. The second kappa shape index (κ2) is 7.81. The smallest absolute Gasteiger partial charge is 0.257 e. The molecule has 7 heteroatoms. The highest BCUT2D eigenvalue weighted by Crippen LogP contribution is 2.56. The Morgan fingerprint density at radius 1 is 1.39 bits per heavy atom. The van der Waals surface area contributed by atoms with E-state index in [4.69, 9.17) is 0 Å². The van der Waals surface area contributed by atoms with Gasteiger partial charge in [0.25, 0.3) is 5.91 Å². The molecular formula is C21H31ClN4OS. The van der Waals surface area contributed by atoms with Gasteiger partial charge in [0.15, 0.2) is 0 Å². The summed E-state index contributed by atoms with van der Waals surface area (Å²) in [5.41, 5.74) is 3.13. The van der Waals surface area contributed by atoms with E-state index in [0.29, 0.717) is 18.0 Å². The molecule has 5 nitrogen and oxygen atoms in total. The molecule has 4 rings (SSSR count). The number of nitrogens with zero attached hydrogens (tertiary/aromatic N) is 3. The van der Waals surface area contributed by atoms with Crippen molar-refractivity contribution in [3.05, 3.63) is 39.8 Å². The van der Waals surface area contributed by atoms with Gasteiger partial charge in [-0.25, -0.2) is 0 Å². The molecule has 3 heterocycles. The number of carbonyl (C=O) groups excluding carboxylic acids is 1. The van der Waals surface area contributed by atoms with E-state index in [1.54, 1.807) is 17.5 Å². The zero-order valence-electron chi connectivity index (χ0n) is 17.2. The molecule has 2 aromatic rings. The number of thiophene rings is 1. The van der Waals surface area contributed by atoms with E-state index in [2.05, 4.69) is 52.9 Å². The summed E-state index contributed by atoms with van der Waals surface area (Å²) in [4.78, 5) is 15.7. The lowest BCUT2D eigenvalue weighted by Crippen LogP contribution is -2.39. The van der Waals surface area contributed by atoms with Gasteiger partial charge in [0.2, 0.25) is 0 Å². The zero-order chi connectivity index (χ0) is 19.2. The van der Waals surface area contributed by atoms with Crippen LogP contribution in [0, 0.1) is 12.3 Å². The van der Waals surface area contributed by atoms with Gasteiger partial charge in [0, 0.05) is 18.3 Å². The first-order chi connectivity index (χ1) is 12.8. The van der Waals surface area contributed by atoms with Crippen LogP contribution in [0.1, 0.15) is 61.6 Å². The molecule has 1 aliphatic heterocycles. The molecule has 1 unspecified atom stereocenters. The lowest BCUT2D eigenvalue weighted by molar-refractivity contribution is 0.0691. The predicted octanol–water partition coefficient (Wildman–Crippen LogP) is 4.21. The summed E-state index contributed by atoms with van der Waals surface area (Å²) in [5.74, 6) is 0.134. The highest BCUT2D eigenvalue weighted by atomic mass is 35.5. The minimum absolute atomic E-state index is 0. The molecule has 28 heavy (non-hydrogen) atoms. The number of piperidine rings is 1. The van der Waals surface area contributed by atoms with Crippen LogP contribution in [0.4, 0.5) is 0 Å². The second-order valence-electron chi connectivity index (χ2n) is 9.12. The van der Waals surface area contributed by atoms with E-state index in [1.807, 2.05) is 11.6 Å². The van der Waals surface area contributed by atoms with Crippen LogP contribution in [0.25, 0.3) is 0 Å². The maximum atomic E-state index is 13.6. The van der Waals surface area contributed by atoms with Gasteiger partial charge in [-0.15, -0.1) is 12.4 Å². The summed E-state index contributed by atoms with van der Waals surface area (Å²) in [6.07, 6.45) is 5.24. The van der Waals surface area contributed by atoms with Crippen molar-refractivity contribution in [3.8, 4) is 0 Å². The first kappa shape index (κ1) is 21.3. The van der Waals surface area contributed by atoms with Crippen LogP contribution in [-0.4, -0.2) is 39.7 Å². The molecule has 1 N–H and O–H groups in total. The number of halogens is 1. The van der Waals surface area contributed by atoms with Gasteiger partial charge in [-0.1, -0.05) is 0 Å². The zero-order valence-corrected chi connectivity index (χ0v) is 18.8. The highest BCUT2D eigenvalue weighted by Gasteiger charge is 2.58. The monoisotopic (exact) mass is 422 g/mol. The fourth-order valence-electron chi connectivity index (χ4n) is 4.58. The third-order valence-electron chi connectivity index (χ3n) is 6.19. The predicted molar refractivity (Wildman–Crippen MR) is 116 cm³/mol. The molecule has 154 valence electrons. The number of hydrogen-bond donors (Lipinski definition) is 1. The minimum atomic E-state index is -0.128. The van der Waals surface area contributed by atoms with Crippen molar-refractivity contribution in [2.24, 2.45) is 5.41 Å². The molecule has 2 aromatic heterocycles. The van der Waals surface area contributed by atoms with Crippen molar-refractivity contribution in [1.29, 1.82) is 0 Å². The Balaban J connectivity index is 0.00000225. The molecule has 2 aliphatic rings. The molecule has 1 aliphatic carbocycles. The van der Waals surface area contributed by atoms with E-state index >= 15 is 0 Å². The second-order valence-corrected chi connectivity index (χ2v) is 9.90. The van der Waals surface area contributed by atoms with Crippen LogP contribution in [0.2, 0.25) is 0 Å². The largest absolute Gasteiger partial charge is 0.331 e. The van der Waals surface area contributed by atoms with Crippen LogP contribution in [0.3, 0.4) is 0 Å². The fraction of sp³-hybridized carbons (Fsp3) is 0.619. The fourth-order valence-corrected chi connectivity index (χ4v) is 5.24. The molecular weight excluding hydrogens is 392 g/mol. The van der Waals surface area contributed by atoms with E-state index < -0.39 is 0 Å². The molecule has 0 radical (unpaired) electrons. The first-order valence-electron chi connectivity index (χ1n) is 9.90. The van der Waals surface area contributed by atoms with E-state index in [-0.39, 0.29) is 23.9 Å². The van der Waals surface area contributed by atoms with Crippen molar-refractivity contribution in [3.63, 3.8) is 0 Å². The van der Waals surface area contributed by atoms with Gasteiger partial charge in [-0.2, -0.15) is 16.4 Å². The molecule has 1 spiro atoms. The van der Waals surface area contributed by atoms with Gasteiger partial charge in [0.05, 0.1) is 17.3 Å². The Morgan fingerprint density at radius 3 is 2.68 bits per heavy atom. The molecule has 1 saturated carbocycles. The number of hydrogen-bond acceptors (Lipinski definition) is 4. The van der Waals surface area contributed by atoms with E-state index in [9.17, 15) is 4.79 Å². The Kier molecular flexibility index (Phi) is 5.95. The number of aromatic nitrogens is 2. The van der Waals surface area contributed by atoms with Crippen molar-refractivity contribution in [1.82, 2.24) is 20.0 Å². The molecule has 0 aromatic carbocycles. The van der Waals surface area contributed by atoms with Crippen molar-refractivity contribution < 1.29 is 4.79 Å². The molecule has 2 fully saturated rings. The number of rotatable bonds is 4. The van der Waals surface area contributed by atoms with Crippen LogP contribution in [0.15, 0.2) is 23.0 Å². The van der Waals surface area contributed by atoms with Gasteiger partial charge in [-0.05, 0) is 87.9 Å². The summed E-state index contributed by atoms with van der Waals surface area (Å²) in [6.45, 7) is 11.2. The SMILES string of the molecule is Cc1c(C(=O)N(Cc2ccsc2)C2CC23CCNCC3)cnn1C(C)(C)C.Cl. The third kappa shape index (κ3) is 3.87. The standard InChI is InChI=1S/C21H30N4OS.ClH/c1-15-17(12-23-25(15)20(2,3)4)19(26)24(13-16-5-10-27-14-16)18-11-21(18)6-8-22-9-7-21;/h5,10,12,14,18,22H,6-9,11,13H2,1-4H3;1H. The summed E-state index contributed by atoms with van der Waals surface area (Å²) in [7, 11) is 0. The van der Waals surface area contributed by atoms with Gasteiger partial charge < -0.3 is 10.2 Å². The first-order valence-corrected chi connectivity index (χ1v) is 10.8. The maximum Gasteiger partial charge on any atom is 0.257 e. The van der Waals surface area contributed by atoms with Crippen LogP contribution in [0.5, 0.6) is 0 Å². The maximum absolute atomic E-state index is 13.6. The Morgan fingerprint density at radius 2 is 2.11 bits per heavy atom. The Hall–Kier alpha value is -1.37. The normalized spacial score (nSPS) is 20.6.